The van der Waals surface area contributed by atoms with Crippen LogP contribution < -0.4 is 5.32 Å². The molecule has 0 saturated heterocycles. The third kappa shape index (κ3) is 3.25. The number of hydrogen-bond acceptors (Lipinski definition) is 3. The fourth-order valence-corrected chi connectivity index (χ4v) is 4.28. The van der Waals surface area contributed by atoms with E-state index in [2.05, 4.69) is 41.0 Å². The minimum absolute atomic E-state index is 0.158. The van der Waals surface area contributed by atoms with Crippen molar-refractivity contribution < 1.29 is 4.79 Å². The topological polar surface area (TPSA) is 29.1 Å². The van der Waals surface area contributed by atoms with Gasteiger partial charge in [-0.15, -0.1) is 23.1 Å². The second-order valence-electron chi connectivity index (χ2n) is 4.87. The molecule has 0 aliphatic carbocycles. The highest BCUT2D eigenvalue weighted by molar-refractivity contribution is 7.99. The molecule has 1 amide bonds. The van der Waals surface area contributed by atoms with Gasteiger partial charge in [-0.05, 0) is 35.9 Å². The van der Waals surface area contributed by atoms with Crippen molar-refractivity contribution in [3.63, 3.8) is 0 Å². The van der Waals surface area contributed by atoms with Crippen molar-refractivity contribution in [2.75, 3.05) is 5.75 Å². The van der Waals surface area contributed by atoms with Gasteiger partial charge in [-0.3, -0.25) is 4.79 Å². The molecule has 1 aliphatic rings. The van der Waals surface area contributed by atoms with Crippen LogP contribution in [0, 0.1) is 0 Å². The van der Waals surface area contributed by atoms with Crippen LogP contribution in [0.5, 0.6) is 0 Å². The van der Waals surface area contributed by atoms with Crippen LogP contribution >= 0.6 is 23.1 Å². The molecular weight excluding hydrogens is 286 g/mol. The fraction of sp³-hybridized carbons (Fsp3) is 0.312. The van der Waals surface area contributed by atoms with Gasteiger partial charge < -0.3 is 5.32 Å². The molecule has 0 bridgehead atoms. The van der Waals surface area contributed by atoms with E-state index in [0.29, 0.717) is 6.42 Å². The molecule has 1 N–H and O–H groups in total. The predicted octanol–water partition coefficient (Wildman–Crippen LogP) is 4.03. The smallest absolute Gasteiger partial charge is 0.220 e. The maximum atomic E-state index is 12.1. The molecule has 1 aromatic heterocycles. The minimum Gasteiger partial charge on any atom is -0.349 e. The van der Waals surface area contributed by atoms with Gasteiger partial charge in [0, 0.05) is 21.9 Å². The van der Waals surface area contributed by atoms with Gasteiger partial charge in [0.2, 0.25) is 5.91 Å². The Balaban J connectivity index is 1.59. The summed E-state index contributed by atoms with van der Waals surface area (Å²) in [5, 5.41) is 5.25. The van der Waals surface area contributed by atoms with Gasteiger partial charge >= 0.3 is 0 Å². The number of carbonyl (C=O) groups excluding carboxylic acids is 1. The third-order valence-electron chi connectivity index (χ3n) is 3.47. The second-order valence-corrected chi connectivity index (χ2v) is 7.04. The number of nitrogens with one attached hydrogen (secondary N) is 1. The van der Waals surface area contributed by atoms with Crippen molar-refractivity contribution in [1.29, 1.82) is 0 Å². The Hall–Kier alpha value is -1.26. The second kappa shape index (κ2) is 6.46. The molecule has 0 spiro atoms. The molecule has 4 heteroatoms. The number of fused-ring (bicyclic) bond motifs is 1. The summed E-state index contributed by atoms with van der Waals surface area (Å²) in [6.07, 6.45) is 2.44. The number of rotatable bonds is 4. The summed E-state index contributed by atoms with van der Waals surface area (Å²) in [6, 6.07) is 12.7. The summed E-state index contributed by atoms with van der Waals surface area (Å²) in [6.45, 7) is 0. The standard InChI is InChI=1S/C16H17NOS2/c18-16(8-7-12-4-3-10-19-12)17-14-9-11-20-15-6-2-1-5-13(14)15/h1-6,10,14H,7-9,11H2,(H,17,18)/t14-/m0/s1. The van der Waals surface area contributed by atoms with Crippen LogP contribution in [0.25, 0.3) is 0 Å². The van der Waals surface area contributed by atoms with Gasteiger partial charge in [-0.25, -0.2) is 0 Å². The van der Waals surface area contributed by atoms with E-state index in [0.717, 1.165) is 18.6 Å². The highest BCUT2D eigenvalue weighted by atomic mass is 32.2. The molecule has 2 heterocycles. The van der Waals surface area contributed by atoms with Gasteiger partial charge in [0.1, 0.15) is 0 Å². The summed E-state index contributed by atoms with van der Waals surface area (Å²) >= 11 is 3.60. The van der Waals surface area contributed by atoms with Gasteiger partial charge in [0.25, 0.3) is 0 Å². The molecule has 104 valence electrons. The van der Waals surface area contributed by atoms with Crippen LogP contribution in [0.2, 0.25) is 0 Å². The quantitative estimate of drug-likeness (QED) is 0.924. The molecule has 2 nitrogen and oxygen atoms in total. The first-order chi connectivity index (χ1) is 9.83. The largest absolute Gasteiger partial charge is 0.349 e. The molecule has 0 saturated carbocycles. The number of amides is 1. The first kappa shape index (κ1) is 13.7. The zero-order valence-corrected chi connectivity index (χ0v) is 12.8. The van der Waals surface area contributed by atoms with Crippen LogP contribution in [0.1, 0.15) is 29.3 Å². The van der Waals surface area contributed by atoms with E-state index >= 15 is 0 Å². The lowest BCUT2D eigenvalue weighted by Crippen LogP contribution is -2.30. The molecule has 1 aromatic carbocycles. The van der Waals surface area contributed by atoms with Crippen molar-refractivity contribution in [3.05, 3.63) is 52.2 Å². The van der Waals surface area contributed by atoms with Crippen LogP contribution in [-0.2, 0) is 11.2 Å². The lowest BCUT2D eigenvalue weighted by molar-refractivity contribution is -0.121. The van der Waals surface area contributed by atoms with E-state index in [4.69, 9.17) is 0 Å². The van der Waals surface area contributed by atoms with E-state index in [-0.39, 0.29) is 11.9 Å². The van der Waals surface area contributed by atoms with Crippen molar-refractivity contribution in [2.24, 2.45) is 0 Å². The first-order valence-electron chi connectivity index (χ1n) is 6.86. The average Bonchev–Trinajstić information content (AvgIpc) is 2.99. The third-order valence-corrected chi connectivity index (χ3v) is 5.53. The Morgan fingerprint density at radius 3 is 3.00 bits per heavy atom. The number of thioether (sulfide) groups is 1. The highest BCUT2D eigenvalue weighted by Gasteiger charge is 2.21. The SMILES string of the molecule is O=C(CCc1cccs1)N[C@H]1CCSc2ccccc21. The normalized spacial score (nSPS) is 17.5. The Labute approximate surface area is 127 Å². The van der Waals surface area contributed by atoms with Gasteiger partial charge in [-0.2, -0.15) is 0 Å². The molecule has 0 fully saturated rings. The van der Waals surface area contributed by atoms with Gasteiger partial charge in [0.15, 0.2) is 0 Å². The van der Waals surface area contributed by atoms with Crippen molar-refractivity contribution in [3.8, 4) is 0 Å². The van der Waals surface area contributed by atoms with Crippen molar-refractivity contribution >= 4 is 29.0 Å². The average molecular weight is 303 g/mol. The van der Waals surface area contributed by atoms with Crippen LogP contribution in [-0.4, -0.2) is 11.7 Å². The molecule has 20 heavy (non-hydrogen) atoms. The van der Waals surface area contributed by atoms with E-state index in [9.17, 15) is 4.79 Å². The summed E-state index contributed by atoms with van der Waals surface area (Å²) < 4.78 is 0. The monoisotopic (exact) mass is 303 g/mol. The Bertz CT molecular complexity index is 580. The molecule has 3 rings (SSSR count). The van der Waals surface area contributed by atoms with E-state index in [1.54, 1.807) is 11.3 Å². The van der Waals surface area contributed by atoms with Crippen molar-refractivity contribution in [2.45, 2.75) is 30.2 Å². The molecule has 0 unspecified atom stereocenters. The maximum Gasteiger partial charge on any atom is 0.220 e. The van der Waals surface area contributed by atoms with Crippen molar-refractivity contribution in [1.82, 2.24) is 5.32 Å². The van der Waals surface area contributed by atoms with Crippen LogP contribution in [0.3, 0.4) is 0 Å². The number of aryl methyl sites for hydroxylation is 1. The van der Waals surface area contributed by atoms with E-state index < -0.39 is 0 Å². The Kier molecular flexibility index (Phi) is 4.43. The Morgan fingerprint density at radius 1 is 1.25 bits per heavy atom. The zero-order chi connectivity index (χ0) is 13.8. The molecule has 0 radical (unpaired) electrons. The number of hydrogen-bond donors (Lipinski definition) is 1. The first-order valence-corrected chi connectivity index (χ1v) is 8.73. The van der Waals surface area contributed by atoms with Crippen LogP contribution in [0.4, 0.5) is 0 Å². The number of thiophene rings is 1. The summed E-state index contributed by atoms with van der Waals surface area (Å²) in [7, 11) is 0. The molecule has 1 aliphatic heterocycles. The lowest BCUT2D eigenvalue weighted by atomic mass is 10.0. The number of benzene rings is 1. The fourth-order valence-electron chi connectivity index (χ4n) is 2.45. The predicted molar refractivity (Wildman–Crippen MR) is 85.3 cm³/mol. The molecule has 1 atom stereocenters. The number of carbonyl (C=O) groups is 1. The van der Waals surface area contributed by atoms with Gasteiger partial charge in [-0.1, -0.05) is 24.3 Å². The Morgan fingerprint density at radius 2 is 2.15 bits per heavy atom. The summed E-state index contributed by atoms with van der Waals surface area (Å²) in [5.74, 6) is 1.23. The minimum atomic E-state index is 0.158. The molecule has 2 aromatic rings. The summed E-state index contributed by atoms with van der Waals surface area (Å²) in [5.41, 5.74) is 1.27. The van der Waals surface area contributed by atoms with Crippen LogP contribution in [0.15, 0.2) is 46.7 Å². The maximum absolute atomic E-state index is 12.1. The molecular formula is C16H17NOS2. The van der Waals surface area contributed by atoms with E-state index in [1.807, 2.05) is 17.8 Å². The lowest BCUT2D eigenvalue weighted by Gasteiger charge is -2.25. The van der Waals surface area contributed by atoms with Gasteiger partial charge in [0.05, 0.1) is 6.04 Å². The zero-order valence-electron chi connectivity index (χ0n) is 11.2. The highest BCUT2D eigenvalue weighted by Crippen LogP contribution is 2.35. The summed E-state index contributed by atoms with van der Waals surface area (Å²) in [4.78, 5) is 14.7. The van der Waals surface area contributed by atoms with E-state index in [1.165, 1.54) is 15.3 Å².